The van der Waals surface area contributed by atoms with Crippen molar-refractivity contribution < 1.29 is 19.1 Å². The van der Waals surface area contributed by atoms with Crippen LogP contribution in [0.3, 0.4) is 0 Å². The number of likely N-dealkylation sites (tertiary alicyclic amines) is 1. The van der Waals surface area contributed by atoms with Crippen LogP contribution in [0.5, 0.6) is 0 Å². The maximum atomic E-state index is 12.7. The van der Waals surface area contributed by atoms with Gasteiger partial charge in [-0.2, -0.15) is 0 Å². The number of fused-ring (bicyclic) bond motifs is 2. The van der Waals surface area contributed by atoms with E-state index in [2.05, 4.69) is 33.3 Å². The molecule has 3 fully saturated rings. The van der Waals surface area contributed by atoms with Crippen LogP contribution in [0.25, 0.3) is 0 Å². The van der Waals surface area contributed by atoms with Gasteiger partial charge in [0.1, 0.15) is 11.6 Å². The molecule has 1 aromatic rings. The lowest BCUT2D eigenvalue weighted by atomic mass is 9.92. The fourth-order valence-corrected chi connectivity index (χ4v) is 5.99. The van der Waals surface area contributed by atoms with Gasteiger partial charge in [0.15, 0.2) is 0 Å². The molecule has 0 radical (unpaired) electrons. The van der Waals surface area contributed by atoms with Crippen molar-refractivity contribution in [3.05, 3.63) is 23.8 Å². The van der Waals surface area contributed by atoms with E-state index in [0.29, 0.717) is 18.8 Å². The first kappa shape index (κ1) is 22.0. The van der Waals surface area contributed by atoms with Gasteiger partial charge in [-0.3, -0.25) is 14.9 Å². The van der Waals surface area contributed by atoms with E-state index in [0.717, 1.165) is 51.1 Å². The average molecular weight is 455 g/mol. The molecule has 178 valence electrons. The number of carbonyl (C=O) groups is 3. The second-order valence-corrected chi connectivity index (χ2v) is 10.7. The van der Waals surface area contributed by atoms with Crippen molar-refractivity contribution in [1.29, 1.82) is 0 Å². The van der Waals surface area contributed by atoms with Crippen molar-refractivity contribution in [2.45, 2.75) is 70.6 Å². The first-order chi connectivity index (χ1) is 15.7. The molecular formula is C25H34N4O4. The lowest BCUT2D eigenvalue weighted by Crippen LogP contribution is -2.52. The topological polar surface area (TPSA) is 82.2 Å². The summed E-state index contributed by atoms with van der Waals surface area (Å²) in [6.07, 6.45) is 3.61. The number of rotatable bonds is 2. The molecule has 0 saturated carbocycles. The SMILES string of the molecule is CC(C)(C)OC(=O)N1CC[C@H]2CN(c3cccc4c3CCN4C3CCC(=O)NC3=O)CC[C@H]21. The molecule has 8 heteroatoms. The van der Waals surface area contributed by atoms with Gasteiger partial charge in [-0.25, -0.2) is 4.79 Å². The van der Waals surface area contributed by atoms with Crippen molar-refractivity contribution in [3.63, 3.8) is 0 Å². The quantitative estimate of drug-likeness (QED) is 0.692. The highest BCUT2D eigenvalue weighted by Crippen LogP contribution is 2.41. The Bertz CT molecular complexity index is 972. The molecule has 1 N–H and O–H groups in total. The maximum absolute atomic E-state index is 12.7. The Labute approximate surface area is 195 Å². The summed E-state index contributed by atoms with van der Waals surface area (Å²) in [6, 6.07) is 6.33. The Morgan fingerprint density at radius 1 is 1.03 bits per heavy atom. The van der Waals surface area contributed by atoms with Crippen LogP contribution in [0.2, 0.25) is 0 Å². The maximum Gasteiger partial charge on any atom is 0.410 e. The van der Waals surface area contributed by atoms with Gasteiger partial charge in [0.2, 0.25) is 11.8 Å². The van der Waals surface area contributed by atoms with Crippen LogP contribution >= 0.6 is 0 Å². The molecule has 3 atom stereocenters. The summed E-state index contributed by atoms with van der Waals surface area (Å²) in [4.78, 5) is 43.3. The number of benzene rings is 1. The number of carbonyl (C=O) groups excluding carboxylic acids is 3. The van der Waals surface area contributed by atoms with E-state index in [9.17, 15) is 14.4 Å². The number of nitrogens with one attached hydrogen (secondary N) is 1. The van der Waals surface area contributed by atoms with Crippen molar-refractivity contribution in [2.75, 3.05) is 36.0 Å². The highest BCUT2D eigenvalue weighted by atomic mass is 16.6. The van der Waals surface area contributed by atoms with E-state index in [4.69, 9.17) is 4.74 Å². The Kier molecular flexibility index (Phi) is 5.49. The van der Waals surface area contributed by atoms with Crippen LogP contribution in [0.4, 0.5) is 16.2 Å². The third-order valence-corrected chi connectivity index (χ3v) is 7.43. The second kappa shape index (κ2) is 8.22. The summed E-state index contributed by atoms with van der Waals surface area (Å²) in [5.41, 5.74) is 3.18. The number of anilines is 2. The largest absolute Gasteiger partial charge is 0.444 e. The normalized spacial score (nSPS) is 27.4. The van der Waals surface area contributed by atoms with E-state index in [1.165, 1.54) is 11.3 Å². The molecule has 8 nitrogen and oxygen atoms in total. The fourth-order valence-electron chi connectivity index (χ4n) is 5.99. The lowest BCUT2D eigenvalue weighted by Gasteiger charge is -2.40. The van der Waals surface area contributed by atoms with E-state index < -0.39 is 5.60 Å². The minimum Gasteiger partial charge on any atom is -0.444 e. The molecule has 0 aromatic heterocycles. The third-order valence-electron chi connectivity index (χ3n) is 7.43. The van der Waals surface area contributed by atoms with Crippen molar-refractivity contribution in [2.24, 2.45) is 5.92 Å². The lowest BCUT2D eigenvalue weighted by molar-refractivity contribution is -0.134. The van der Waals surface area contributed by atoms with Gasteiger partial charge in [-0.1, -0.05) is 6.07 Å². The van der Waals surface area contributed by atoms with Gasteiger partial charge in [0.25, 0.3) is 0 Å². The summed E-state index contributed by atoms with van der Waals surface area (Å²) >= 11 is 0. The zero-order chi connectivity index (χ0) is 23.3. The fraction of sp³-hybridized carbons (Fsp3) is 0.640. The molecule has 3 amide bonds. The van der Waals surface area contributed by atoms with Gasteiger partial charge < -0.3 is 19.4 Å². The minimum absolute atomic E-state index is 0.177. The first-order valence-corrected chi connectivity index (χ1v) is 12.2. The van der Waals surface area contributed by atoms with Crippen LogP contribution in [0, 0.1) is 5.92 Å². The second-order valence-electron chi connectivity index (χ2n) is 10.7. The van der Waals surface area contributed by atoms with Crippen LogP contribution < -0.4 is 15.1 Å². The Balaban J connectivity index is 1.30. The third kappa shape index (κ3) is 4.15. The highest BCUT2D eigenvalue weighted by molar-refractivity contribution is 6.02. The van der Waals surface area contributed by atoms with Crippen LogP contribution in [0.15, 0.2) is 18.2 Å². The molecule has 4 aliphatic rings. The number of piperidine rings is 2. The molecular weight excluding hydrogens is 420 g/mol. The molecule has 4 heterocycles. The number of hydrogen-bond donors (Lipinski definition) is 1. The highest BCUT2D eigenvalue weighted by Gasteiger charge is 2.43. The molecule has 3 saturated heterocycles. The number of amides is 3. The molecule has 5 rings (SSSR count). The van der Waals surface area contributed by atoms with Crippen LogP contribution in [-0.4, -0.2) is 66.7 Å². The Hall–Kier alpha value is -2.77. The Morgan fingerprint density at radius 2 is 1.82 bits per heavy atom. The monoisotopic (exact) mass is 454 g/mol. The van der Waals surface area contributed by atoms with Crippen LogP contribution in [-0.2, 0) is 20.7 Å². The number of nitrogens with zero attached hydrogens (tertiary/aromatic N) is 3. The standard InChI is InChI=1S/C25H34N4O4/c1-25(2,3)33-24(32)29-13-9-16-15-27(12-11-18(16)29)19-5-4-6-20-17(19)10-14-28(20)21-7-8-22(30)26-23(21)31/h4-6,16,18,21H,7-15H2,1-3H3,(H,26,30,31)/t16-,18+,21?/m0/s1. The van der Waals surface area contributed by atoms with E-state index in [1.54, 1.807) is 0 Å². The van der Waals surface area contributed by atoms with Crippen LogP contribution in [0.1, 0.15) is 52.0 Å². The zero-order valence-corrected chi connectivity index (χ0v) is 19.8. The summed E-state index contributed by atoms with van der Waals surface area (Å²) in [6.45, 7) is 9.12. The predicted octanol–water partition coefficient (Wildman–Crippen LogP) is 2.69. The summed E-state index contributed by atoms with van der Waals surface area (Å²) in [5.74, 6) is 0.0811. The van der Waals surface area contributed by atoms with Gasteiger partial charge in [-0.15, -0.1) is 0 Å². The summed E-state index contributed by atoms with van der Waals surface area (Å²) < 4.78 is 5.64. The minimum atomic E-state index is -0.477. The number of ether oxygens (including phenoxy) is 1. The number of imide groups is 1. The first-order valence-electron chi connectivity index (χ1n) is 12.2. The van der Waals surface area contributed by atoms with Crippen molar-refractivity contribution >= 4 is 29.3 Å². The smallest absolute Gasteiger partial charge is 0.410 e. The van der Waals surface area contributed by atoms with Gasteiger partial charge in [0.05, 0.1) is 0 Å². The van der Waals surface area contributed by atoms with Crippen molar-refractivity contribution in [3.8, 4) is 0 Å². The molecule has 33 heavy (non-hydrogen) atoms. The van der Waals surface area contributed by atoms with Crippen molar-refractivity contribution in [1.82, 2.24) is 10.2 Å². The molecule has 4 aliphatic heterocycles. The molecule has 0 aliphatic carbocycles. The van der Waals surface area contributed by atoms with E-state index in [1.807, 2.05) is 25.7 Å². The summed E-state index contributed by atoms with van der Waals surface area (Å²) in [5, 5.41) is 2.50. The molecule has 0 spiro atoms. The van der Waals surface area contributed by atoms with E-state index in [-0.39, 0.29) is 30.0 Å². The van der Waals surface area contributed by atoms with E-state index >= 15 is 0 Å². The molecule has 1 aromatic carbocycles. The van der Waals surface area contributed by atoms with Gasteiger partial charge >= 0.3 is 6.09 Å². The summed E-state index contributed by atoms with van der Waals surface area (Å²) in [7, 11) is 0. The Morgan fingerprint density at radius 3 is 2.58 bits per heavy atom. The predicted molar refractivity (Wildman–Crippen MR) is 125 cm³/mol. The molecule has 0 bridgehead atoms. The number of hydrogen-bond acceptors (Lipinski definition) is 6. The average Bonchev–Trinajstić information content (AvgIpc) is 3.36. The van der Waals surface area contributed by atoms with Gasteiger partial charge in [0, 0.05) is 55.6 Å². The molecule has 1 unspecified atom stereocenters. The zero-order valence-electron chi connectivity index (χ0n) is 19.8. The van der Waals surface area contributed by atoms with Gasteiger partial charge in [-0.05, 0) is 64.5 Å².